The van der Waals surface area contributed by atoms with Crippen molar-refractivity contribution in [2.24, 2.45) is 0 Å². The Morgan fingerprint density at radius 3 is 1.14 bits per heavy atom. The monoisotopic (exact) mass is 512 g/mol. The summed E-state index contributed by atoms with van der Waals surface area (Å²) in [5, 5.41) is 1.16. The summed E-state index contributed by atoms with van der Waals surface area (Å²) in [5.74, 6) is 0. The van der Waals surface area contributed by atoms with Crippen molar-refractivity contribution in [1.82, 2.24) is 0 Å². The Morgan fingerprint density at radius 1 is 0.517 bits per heavy atom. The summed E-state index contributed by atoms with van der Waals surface area (Å²) in [4.78, 5) is 0. The fraction of sp³-hybridized carbons (Fsp3) is 0.680. The molecule has 0 aliphatic rings. The van der Waals surface area contributed by atoms with Gasteiger partial charge in [-0.3, -0.25) is 0 Å². The minimum absolute atomic E-state index is 1.16. The van der Waals surface area contributed by atoms with Gasteiger partial charge < -0.3 is 0 Å². The first-order chi connectivity index (χ1) is 13.7. The Morgan fingerprint density at radius 2 is 0.828 bits per heavy atom. The first-order valence-electron chi connectivity index (χ1n) is 11.7. The van der Waals surface area contributed by atoms with E-state index in [4.69, 9.17) is 0 Å². The summed E-state index contributed by atoms with van der Waals surface area (Å²) in [5.41, 5.74) is 0. The van der Waals surface area contributed by atoms with Gasteiger partial charge in [0.25, 0.3) is 0 Å². The number of allylic oxidation sites excluding steroid dienone is 4. The topological polar surface area (TPSA) is 0 Å². The van der Waals surface area contributed by atoms with E-state index in [0.29, 0.717) is 0 Å². The second-order valence-electron chi connectivity index (χ2n) is 10.3. The molecule has 0 saturated carbocycles. The molecule has 0 nitrogen and oxygen atoms in total. The Balaban J connectivity index is 4.89. The Labute approximate surface area is 195 Å². The Bertz CT molecular complexity index is 430. The van der Waals surface area contributed by atoms with Gasteiger partial charge in [0.1, 0.15) is 0 Å². The van der Waals surface area contributed by atoms with Gasteiger partial charge in [0.15, 0.2) is 0 Å². The molecule has 0 aromatic carbocycles. The second-order valence-corrected chi connectivity index (χ2v) is 26.0. The summed E-state index contributed by atoms with van der Waals surface area (Å²) in [7, 11) is -3.57. The van der Waals surface area contributed by atoms with E-state index in [2.05, 4.69) is 86.2 Å². The van der Waals surface area contributed by atoms with Crippen LogP contribution in [0, 0.1) is 0 Å². The highest BCUT2D eigenvalue weighted by Crippen LogP contribution is 2.34. The standard InChI is InChI=1S/C25H49BrSi3/c1-8-17-27(5,18-9-2)22-14-24-29(7,21-13-12-16-26)25-15-23-28(6,19-10-3)20-11-4/h8-11H,1-4,12-25H2,5-7H3. The van der Waals surface area contributed by atoms with E-state index in [-0.39, 0.29) is 0 Å². The van der Waals surface area contributed by atoms with Gasteiger partial charge in [0.2, 0.25) is 0 Å². The van der Waals surface area contributed by atoms with Crippen LogP contribution in [0.1, 0.15) is 25.7 Å². The summed E-state index contributed by atoms with van der Waals surface area (Å²) in [6, 6.07) is 12.4. The zero-order valence-electron chi connectivity index (χ0n) is 19.9. The number of hydrogen-bond acceptors (Lipinski definition) is 0. The molecule has 0 fully saturated rings. The molecule has 0 bridgehead atoms. The highest BCUT2D eigenvalue weighted by molar-refractivity contribution is 9.09. The maximum atomic E-state index is 4.02. The van der Waals surface area contributed by atoms with E-state index >= 15 is 0 Å². The molecular formula is C25H49BrSi3. The zero-order valence-corrected chi connectivity index (χ0v) is 24.5. The number of rotatable bonds is 20. The highest BCUT2D eigenvalue weighted by Gasteiger charge is 2.30. The van der Waals surface area contributed by atoms with E-state index in [0.717, 1.165) is 5.33 Å². The molecule has 0 spiro atoms. The molecule has 0 aliphatic carbocycles. The van der Waals surface area contributed by atoms with Crippen LogP contribution in [0.3, 0.4) is 0 Å². The molecule has 168 valence electrons. The highest BCUT2D eigenvalue weighted by atomic mass is 79.9. The normalized spacial score (nSPS) is 12.6. The summed E-state index contributed by atoms with van der Waals surface area (Å²) >= 11 is 3.63. The van der Waals surface area contributed by atoms with E-state index in [1.165, 1.54) is 80.1 Å². The lowest BCUT2D eigenvalue weighted by Gasteiger charge is -2.32. The lowest BCUT2D eigenvalue weighted by Crippen LogP contribution is -2.34. The van der Waals surface area contributed by atoms with Crippen LogP contribution in [0.2, 0.25) is 74.0 Å². The third-order valence-corrected chi connectivity index (χ3v) is 20.3. The quantitative estimate of drug-likeness (QED) is 0.0657. The van der Waals surface area contributed by atoms with Gasteiger partial charge in [-0.25, -0.2) is 0 Å². The zero-order chi connectivity index (χ0) is 22.2. The molecule has 0 amide bonds. The van der Waals surface area contributed by atoms with Crippen LogP contribution in [-0.4, -0.2) is 29.6 Å². The first kappa shape index (κ1) is 29.1. The van der Waals surface area contributed by atoms with Crippen molar-refractivity contribution >= 4 is 40.2 Å². The minimum atomic E-state index is -1.21. The summed E-state index contributed by atoms with van der Waals surface area (Å²) < 4.78 is 0. The van der Waals surface area contributed by atoms with Crippen LogP contribution < -0.4 is 0 Å². The molecule has 0 atom stereocenters. The maximum absolute atomic E-state index is 4.02. The summed E-state index contributed by atoms with van der Waals surface area (Å²) in [6.45, 7) is 23.9. The van der Waals surface area contributed by atoms with Crippen molar-refractivity contribution in [1.29, 1.82) is 0 Å². The van der Waals surface area contributed by atoms with Gasteiger partial charge >= 0.3 is 0 Å². The van der Waals surface area contributed by atoms with E-state index in [1.807, 2.05) is 0 Å². The predicted molar refractivity (Wildman–Crippen MR) is 151 cm³/mol. The van der Waals surface area contributed by atoms with Crippen molar-refractivity contribution in [2.45, 2.75) is 99.7 Å². The van der Waals surface area contributed by atoms with Crippen LogP contribution in [0.25, 0.3) is 0 Å². The van der Waals surface area contributed by atoms with Crippen LogP contribution in [0.4, 0.5) is 0 Å². The van der Waals surface area contributed by atoms with Crippen LogP contribution in [0.15, 0.2) is 50.6 Å². The number of alkyl halides is 1. The molecule has 0 rings (SSSR count). The fourth-order valence-electron chi connectivity index (χ4n) is 4.87. The molecular weight excluding hydrogens is 464 g/mol. The third kappa shape index (κ3) is 13.2. The fourth-order valence-corrected chi connectivity index (χ4v) is 15.9. The maximum Gasteiger partial charge on any atom is 0.0579 e. The number of hydrogen-bond donors (Lipinski definition) is 0. The third-order valence-electron chi connectivity index (χ3n) is 6.83. The molecule has 0 radical (unpaired) electrons. The average Bonchev–Trinajstić information content (AvgIpc) is 2.62. The molecule has 29 heavy (non-hydrogen) atoms. The Kier molecular flexibility index (Phi) is 15.9. The van der Waals surface area contributed by atoms with E-state index in [1.54, 1.807) is 0 Å². The minimum Gasteiger partial charge on any atom is -0.103 e. The van der Waals surface area contributed by atoms with Crippen molar-refractivity contribution in [3.8, 4) is 0 Å². The SMILES string of the molecule is C=CC[Si](C)(CC=C)CCC[Si](C)(CCCCBr)CCC[Si](C)(CC=C)CC=C. The molecule has 4 heteroatoms. The van der Waals surface area contributed by atoms with Gasteiger partial charge in [0, 0.05) is 5.33 Å². The molecule has 0 aromatic rings. The number of unbranched alkanes of at least 4 members (excludes halogenated alkanes) is 1. The molecule has 0 aliphatic heterocycles. The Hall–Kier alpha value is 0.0906. The first-order valence-corrected chi connectivity index (χ1v) is 22.2. The molecule has 0 N–H and O–H groups in total. The largest absolute Gasteiger partial charge is 0.103 e. The van der Waals surface area contributed by atoms with Gasteiger partial charge in [-0.2, -0.15) is 0 Å². The molecule has 0 heterocycles. The van der Waals surface area contributed by atoms with Crippen molar-refractivity contribution in [2.75, 3.05) is 5.33 Å². The van der Waals surface area contributed by atoms with Crippen LogP contribution >= 0.6 is 15.9 Å². The summed E-state index contributed by atoms with van der Waals surface area (Å²) in [6.07, 6.45) is 14.3. The van der Waals surface area contributed by atoms with Gasteiger partial charge in [-0.05, 0) is 30.6 Å². The van der Waals surface area contributed by atoms with Crippen LogP contribution in [0.5, 0.6) is 0 Å². The van der Waals surface area contributed by atoms with Crippen molar-refractivity contribution in [3.05, 3.63) is 50.6 Å². The van der Waals surface area contributed by atoms with Gasteiger partial charge in [-0.15, -0.1) is 26.3 Å². The molecule has 0 saturated heterocycles. The smallest absolute Gasteiger partial charge is 0.0579 e. The lowest BCUT2D eigenvalue weighted by molar-refractivity contribution is 0.847. The second kappa shape index (κ2) is 15.8. The van der Waals surface area contributed by atoms with Crippen molar-refractivity contribution in [3.63, 3.8) is 0 Å². The van der Waals surface area contributed by atoms with Crippen LogP contribution in [-0.2, 0) is 0 Å². The van der Waals surface area contributed by atoms with E-state index < -0.39 is 24.2 Å². The lowest BCUT2D eigenvalue weighted by atomic mass is 10.4. The van der Waals surface area contributed by atoms with E-state index in [9.17, 15) is 0 Å². The van der Waals surface area contributed by atoms with Gasteiger partial charge in [-0.1, -0.05) is 109 Å². The van der Waals surface area contributed by atoms with Gasteiger partial charge in [0.05, 0.1) is 24.2 Å². The molecule has 0 unspecified atom stereocenters. The average molecular weight is 514 g/mol. The molecule has 0 aromatic heterocycles. The number of halogens is 1. The predicted octanol–water partition coefficient (Wildman–Crippen LogP) is 9.92. The van der Waals surface area contributed by atoms with Crippen molar-refractivity contribution < 1.29 is 0 Å².